The first-order valence-corrected chi connectivity index (χ1v) is 13.8. The quantitative estimate of drug-likeness (QED) is 0.574. The molecule has 0 aliphatic carbocycles. The molecule has 0 radical (unpaired) electrons. The number of rotatable bonds is 7. The van der Waals surface area contributed by atoms with Crippen molar-refractivity contribution in [2.24, 2.45) is 5.92 Å². The molecule has 38 heavy (non-hydrogen) atoms. The van der Waals surface area contributed by atoms with E-state index in [9.17, 15) is 23.2 Å². The van der Waals surface area contributed by atoms with Gasteiger partial charge in [-0.2, -0.15) is 0 Å². The number of alkyl halides is 2. The van der Waals surface area contributed by atoms with Gasteiger partial charge in [0.1, 0.15) is 42.1 Å². The SMILES string of the molecule is CC(C)C[C@H](NC(=O)c1ccc(-c2csc(C3CC(F)CN3C)n2)cc1)C(=O)N1C[C@H](F)[C@H]2OCC(=O)[C@H]21. The highest BCUT2D eigenvalue weighted by atomic mass is 32.1. The van der Waals surface area contributed by atoms with Crippen molar-refractivity contribution in [1.82, 2.24) is 20.1 Å². The molecule has 1 N–H and O–H groups in total. The van der Waals surface area contributed by atoms with E-state index < -0.39 is 42.3 Å². The second-order valence-electron chi connectivity index (χ2n) is 10.8. The molecule has 2 aromatic rings. The molecule has 0 bridgehead atoms. The number of hydrogen-bond donors (Lipinski definition) is 1. The topological polar surface area (TPSA) is 91.8 Å². The first kappa shape index (κ1) is 26.8. The maximum Gasteiger partial charge on any atom is 0.251 e. The number of halogens is 2. The second kappa shape index (κ2) is 10.8. The summed E-state index contributed by atoms with van der Waals surface area (Å²) in [5.74, 6) is -1.15. The first-order valence-electron chi connectivity index (χ1n) is 12.9. The molecule has 204 valence electrons. The van der Waals surface area contributed by atoms with Gasteiger partial charge in [-0.05, 0) is 31.5 Å². The molecule has 3 fully saturated rings. The molecule has 8 nitrogen and oxygen atoms in total. The van der Waals surface area contributed by atoms with Crippen molar-refractivity contribution in [3.63, 3.8) is 0 Å². The number of benzene rings is 1. The largest absolute Gasteiger partial charge is 0.365 e. The Morgan fingerprint density at radius 3 is 2.61 bits per heavy atom. The zero-order valence-corrected chi connectivity index (χ0v) is 22.4. The number of thiazole rings is 1. The van der Waals surface area contributed by atoms with E-state index >= 15 is 0 Å². The van der Waals surface area contributed by atoms with Gasteiger partial charge in [0.2, 0.25) is 5.91 Å². The molecule has 3 saturated heterocycles. The smallest absolute Gasteiger partial charge is 0.251 e. The Kier molecular flexibility index (Phi) is 7.61. The van der Waals surface area contributed by atoms with Crippen LogP contribution in [0.4, 0.5) is 8.78 Å². The minimum atomic E-state index is -1.43. The normalized spacial score (nSPS) is 28.2. The van der Waals surface area contributed by atoms with Crippen molar-refractivity contribution < 1.29 is 27.9 Å². The predicted molar refractivity (Wildman–Crippen MR) is 138 cm³/mol. The summed E-state index contributed by atoms with van der Waals surface area (Å²) in [5.41, 5.74) is 1.95. The number of nitrogens with one attached hydrogen (secondary N) is 1. The van der Waals surface area contributed by atoms with Gasteiger partial charge in [0.15, 0.2) is 5.78 Å². The monoisotopic (exact) mass is 546 g/mol. The summed E-state index contributed by atoms with van der Waals surface area (Å²) in [7, 11) is 1.90. The van der Waals surface area contributed by atoms with Crippen LogP contribution in [0.1, 0.15) is 48.1 Å². The van der Waals surface area contributed by atoms with Crippen LogP contribution < -0.4 is 5.32 Å². The van der Waals surface area contributed by atoms with Crippen LogP contribution in [-0.4, -0.2) is 89.7 Å². The fourth-order valence-electron chi connectivity index (χ4n) is 5.55. The van der Waals surface area contributed by atoms with E-state index in [2.05, 4.69) is 5.32 Å². The van der Waals surface area contributed by atoms with Gasteiger partial charge < -0.3 is 15.0 Å². The summed E-state index contributed by atoms with van der Waals surface area (Å²) in [5, 5.41) is 5.59. The summed E-state index contributed by atoms with van der Waals surface area (Å²) in [4.78, 5) is 46.6. The molecule has 4 heterocycles. The molecule has 2 amide bonds. The van der Waals surface area contributed by atoms with Gasteiger partial charge in [0.25, 0.3) is 5.91 Å². The second-order valence-corrected chi connectivity index (χ2v) is 11.7. The van der Waals surface area contributed by atoms with E-state index in [4.69, 9.17) is 9.72 Å². The zero-order chi connectivity index (χ0) is 27.1. The average molecular weight is 547 g/mol. The van der Waals surface area contributed by atoms with Crippen molar-refractivity contribution in [1.29, 1.82) is 0 Å². The third-order valence-corrected chi connectivity index (χ3v) is 8.41. The number of likely N-dealkylation sites (tertiary alicyclic amines) is 2. The van der Waals surface area contributed by atoms with Gasteiger partial charge >= 0.3 is 0 Å². The van der Waals surface area contributed by atoms with Crippen molar-refractivity contribution in [3.05, 3.63) is 40.2 Å². The van der Waals surface area contributed by atoms with E-state index in [1.165, 1.54) is 16.2 Å². The number of aromatic nitrogens is 1. The van der Waals surface area contributed by atoms with E-state index in [-0.39, 0.29) is 30.9 Å². The lowest BCUT2D eigenvalue weighted by molar-refractivity contribution is -0.138. The van der Waals surface area contributed by atoms with Gasteiger partial charge in [-0.15, -0.1) is 11.3 Å². The molecule has 2 unspecified atom stereocenters. The summed E-state index contributed by atoms with van der Waals surface area (Å²) in [6, 6.07) is 5.04. The lowest BCUT2D eigenvalue weighted by Gasteiger charge is -2.28. The van der Waals surface area contributed by atoms with Crippen LogP contribution in [0.25, 0.3) is 11.3 Å². The molecule has 1 aromatic carbocycles. The van der Waals surface area contributed by atoms with Crippen LogP contribution in [0, 0.1) is 5.92 Å². The number of fused-ring (bicyclic) bond motifs is 1. The highest BCUT2D eigenvalue weighted by Gasteiger charge is 2.53. The highest BCUT2D eigenvalue weighted by Crippen LogP contribution is 2.36. The summed E-state index contributed by atoms with van der Waals surface area (Å²) in [6.07, 6.45) is -2.44. The van der Waals surface area contributed by atoms with E-state index in [0.717, 1.165) is 16.3 Å². The van der Waals surface area contributed by atoms with Gasteiger partial charge in [-0.1, -0.05) is 26.0 Å². The van der Waals surface area contributed by atoms with E-state index in [0.29, 0.717) is 24.9 Å². The van der Waals surface area contributed by atoms with Gasteiger partial charge in [0.05, 0.1) is 18.3 Å². The number of amides is 2. The fraction of sp³-hybridized carbons (Fsp3) is 0.556. The molecule has 1 aromatic heterocycles. The number of ether oxygens (including phenoxy) is 1. The summed E-state index contributed by atoms with van der Waals surface area (Å²) >= 11 is 1.49. The van der Waals surface area contributed by atoms with Crippen LogP contribution in [0.5, 0.6) is 0 Å². The van der Waals surface area contributed by atoms with Crippen molar-refractivity contribution in [2.75, 3.05) is 26.7 Å². The fourth-order valence-corrected chi connectivity index (χ4v) is 6.56. The molecular formula is C27H32F2N4O4S. The average Bonchev–Trinajstić information content (AvgIpc) is 3.64. The number of hydrogen-bond acceptors (Lipinski definition) is 7. The maximum atomic E-state index is 14.4. The molecule has 3 aliphatic heterocycles. The summed E-state index contributed by atoms with van der Waals surface area (Å²) in [6.45, 7) is 3.82. The Morgan fingerprint density at radius 2 is 1.95 bits per heavy atom. The van der Waals surface area contributed by atoms with Crippen molar-refractivity contribution >= 4 is 28.9 Å². The lowest BCUT2D eigenvalue weighted by atomic mass is 10.0. The third-order valence-electron chi connectivity index (χ3n) is 7.46. The molecule has 0 saturated carbocycles. The first-order chi connectivity index (χ1) is 18.1. The Hall–Kier alpha value is -2.76. The standard InChI is InChI=1S/C27H32F2N4O4S/c1-14(2)8-19(27(36)33-11-18(29)24-23(33)22(34)12-37-24)30-25(35)16-6-4-15(5-7-16)20-13-38-26(31-20)21-9-17(28)10-32(21)3/h4-7,13-14,17-19,21,23-24H,8-12H2,1-3H3,(H,30,35)/t17?,18-,19-,21?,23+,24+/m0/s1. The van der Waals surface area contributed by atoms with Crippen LogP contribution in [0.15, 0.2) is 29.6 Å². The van der Waals surface area contributed by atoms with Gasteiger partial charge in [0, 0.05) is 29.5 Å². The Labute approximate surface area is 224 Å². The van der Waals surface area contributed by atoms with Crippen LogP contribution in [-0.2, 0) is 14.3 Å². The van der Waals surface area contributed by atoms with Crippen molar-refractivity contribution in [3.8, 4) is 11.3 Å². The van der Waals surface area contributed by atoms with Crippen LogP contribution in [0.2, 0.25) is 0 Å². The predicted octanol–water partition coefficient (Wildman–Crippen LogP) is 3.19. The highest BCUT2D eigenvalue weighted by molar-refractivity contribution is 7.10. The Balaban J connectivity index is 1.27. The molecule has 0 spiro atoms. The minimum absolute atomic E-state index is 0.0334. The number of Topliss-reactive ketones (excluding diaryl/α,β-unsaturated/α-hetero) is 1. The van der Waals surface area contributed by atoms with Crippen LogP contribution in [0.3, 0.4) is 0 Å². The van der Waals surface area contributed by atoms with Gasteiger partial charge in [-0.25, -0.2) is 13.8 Å². The Morgan fingerprint density at radius 1 is 1.21 bits per heavy atom. The van der Waals surface area contributed by atoms with Crippen LogP contribution >= 0.6 is 11.3 Å². The lowest BCUT2D eigenvalue weighted by Crippen LogP contribution is -2.52. The molecular weight excluding hydrogens is 514 g/mol. The number of ketones is 1. The number of carbonyl (C=O) groups is 3. The molecule has 11 heteroatoms. The zero-order valence-electron chi connectivity index (χ0n) is 21.6. The number of carbonyl (C=O) groups excluding carboxylic acids is 3. The number of nitrogens with zero attached hydrogens (tertiary/aromatic N) is 3. The maximum absolute atomic E-state index is 14.4. The Bertz CT molecular complexity index is 1210. The molecule has 5 rings (SSSR count). The van der Waals surface area contributed by atoms with E-state index in [1.807, 2.05) is 31.2 Å². The third kappa shape index (κ3) is 5.23. The summed E-state index contributed by atoms with van der Waals surface area (Å²) < 4.78 is 33.5. The molecule has 6 atom stereocenters. The van der Waals surface area contributed by atoms with E-state index in [1.54, 1.807) is 24.3 Å². The minimum Gasteiger partial charge on any atom is -0.365 e. The van der Waals surface area contributed by atoms with Crippen molar-refractivity contribution in [2.45, 2.75) is 63.3 Å². The molecule has 3 aliphatic rings. The van der Waals surface area contributed by atoms with Gasteiger partial charge in [-0.3, -0.25) is 19.3 Å².